The molecule has 0 radical (unpaired) electrons. The number of ether oxygens (including phenoxy) is 1. The third-order valence-corrected chi connectivity index (χ3v) is 4.81. The van der Waals surface area contributed by atoms with Crippen LogP contribution in [0.2, 0.25) is 0 Å². The van der Waals surface area contributed by atoms with Gasteiger partial charge in [0.1, 0.15) is 0 Å². The minimum absolute atomic E-state index is 0.380. The topological polar surface area (TPSA) is 40.1 Å². The van der Waals surface area contributed by atoms with Gasteiger partial charge in [-0.1, -0.05) is 30.3 Å². The van der Waals surface area contributed by atoms with E-state index < -0.39 is 0 Å². The number of nitrogens with zero attached hydrogens (tertiary/aromatic N) is 3. The molecular weight excluding hydrogens is 324 g/mol. The van der Waals surface area contributed by atoms with Gasteiger partial charge in [0.25, 0.3) is 0 Å². The molecule has 0 amide bonds. The van der Waals surface area contributed by atoms with Gasteiger partial charge in [-0.05, 0) is 51.8 Å². The Morgan fingerprint density at radius 1 is 1.23 bits per heavy atom. The predicted molar refractivity (Wildman–Crippen MR) is 110 cm³/mol. The van der Waals surface area contributed by atoms with Gasteiger partial charge in [-0.15, -0.1) is 0 Å². The Morgan fingerprint density at radius 3 is 2.58 bits per heavy atom. The monoisotopic (exact) mass is 360 g/mol. The first-order valence-electron chi connectivity index (χ1n) is 9.87. The van der Waals surface area contributed by atoms with E-state index in [2.05, 4.69) is 73.5 Å². The lowest BCUT2D eigenvalue weighted by Crippen LogP contribution is -2.42. The van der Waals surface area contributed by atoms with Crippen molar-refractivity contribution in [1.82, 2.24) is 15.1 Å². The maximum Gasteiger partial charge on any atom is 0.193 e. The van der Waals surface area contributed by atoms with Gasteiger partial charge in [0.15, 0.2) is 5.96 Å². The van der Waals surface area contributed by atoms with Crippen molar-refractivity contribution in [1.29, 1.82) is 0 Å². The normalized spacial score (nSPS) is 16.0. The zero-order valence-corrected chi connectivity index (χ0v) is 16.9. The summed E-state index contributed by atoms with van der Waals surface area (Å²) in [6.45, 7) is 6.30. The number of nitrogens with one attached hydrogen (secondary N) is 1. The molecule has 1 unspecified atom stereocenters. The lowest BCUT2D eigenvalue weighted by atomic mass is 10.1. The second-order valence-electron chi connectivity index (χ2n) is 7.44. The van der Waals surface area contributed by atoms with E-state index in [4.69, 9.17) is 9.73 Å². The molecule has 1 N–H and O–H groups in total. The highest BCUT2D eigenvalue weighted by Crippen LogP contribution is 2.28. The third kappa shape index (κ3) is 7.75. The highest BCUT2D eigenvalue weighted by molar-refractivity contribution is 5.79. The standard InChI is InChI=1S/C21H36N4O/c1-5-22-21(25(4)13-14-26-17-19-11-12-19)23-16-20(24(2)3)15-18-9-7-6-8-10-18/h6-10,19-20H,5,11-17H2,1-4H3,(H,22,23). The number of aliphatic imine (C=N–C) groups is 1. The first-order chi connectivity index (χ1) is 12.6. The van der Waals surface area contributed by atoms with E-state index in [1.165, 1.54) is 18.4 Å². The molecule has 0 aromatic heterocycles. The Labute approximate surface area is 159 Å². The van der Waals surface area contributed by atoms with Gasteiger partial charge >= 0.3 is 0 Å². The molecule has 1 atom stereocenters. The molecule has 2 rings (SSSR count). The average Bonchev–Trinajstić information content (AvgIpc) is 3.46. The predicted octanol–water partition coefficient (Wildman–Crippen LogP) is 2.48. The molecule has 1 saturated carbocycles. The van der Waals surface area contributed by atoms with Crippen molar-refractivity contribution in [3.8, 4) is 0 Å². The zero-order valence-electron chi connectivity index (χ0n) is 16.9. The molecule has 0 heterocycles. The van der Waals surface area contributed by atoms with Crippen molar-refractivity contribution in [3.05, 3.63) is 35.9 Å². The van der Waals surface area contributed by atoms with Gasteiger partial charge < -0.3 is 19.9 Å². The summed E-state index contributed by atoms with van der Waals surface area (Å²) in [4.78, 5) is 9.33. The second kappa shape index (κ2) is 11.2. The fourth-order valence-electron chi connectivity index (χ4n) is 2.80. The number of rotatable bonds is 11. The molecule has 1 aromatic rings. The largest absolute Gasteiger partial charge is 0.379 e. The molecule has 146 valence electrons. The quantitative estimate of drug-likeness (QED) is 0.374. The van der Waals surface area contributed by atoms with Gasteiger partial charge in [-0.25, -0.2) is 0 Å². The lowest BCUT2D eigenvalue weighted by Gasteiger charge is -2.26. The summed E-state index contributed by atoms with van der Waals surface area (Å²) in [5.41, 5.74) is 1.35. The van der Waals surface area contributed by atoms with Crippen LogP contribution in [0.1, 0.15) is 25.3 Å². The Balaban J connectivity index is 1.86. The SMILES string of the molecule is CCNC(=NCC(Cc1ccccc1)N(C)C)N(C)CCOCC1CC1. The fraction of sp³-hybridized carbons (Fsp3) is 0.667. The van der Waals surface area contributed by atoms with E-state index in [9.17, 15) is 0 Å². The first-order valence-corrected chi connectivity index (χ1v) is 9.87. The summed E-state index contributed by atoms with van der Waals surface area (Å²) in [5.74, 6) is 1.78. The van der Waals surface area contributed by atoms with E-state index in [1.807, 2.05) is 0 Å². The van der Waals surface area contributed by atoms with Crippen LogP contribution in [0.15, 0.2) is 35.3 Å². The van der Waals surface area contributed by atoms with Gasteiger partial charge in [-0.3, -0.25) is 4.99 Å². The van der Waals surface area contributed by atoms with Gasteiger partial charge in [0.2, 0.25) is 0 Å². The smallest absolute Gasteiger partial charge is 0.193 e. The van der Waals surface area contributed by atoms with Crippen LogP contribution in [0.4, 0.5) is 0 Å². The summed E-state index contributed by atoms with van der Waals surface area (Å²) in [6, 6.07) is 11.0. The van der Waals surface area contributed by atoms with Crippen LogP contribution in [-0.4, -0.2) is 75.8 Å². The zero-order chi connectivity index (χ0) is 18.8. The van der Waals surface area contributed by atoms with Gasteiger partial charge in [0, 0.05) is 32.8 Å². The lowest BCUT2D eigenvalue weighted by molar-refractivity contribution is 0.115. The molecule has 1 aliphatic carbocycles. The Hall–Kier alpha value is -1.59. The minimum Gasteiger partial charge on any atom is -0.379 e. The van der Waals surface area contributed by atoms with Crippen LogP contribution < -0.4 is 5.32 Å². The number of hydrogen-bond donors (Lipinski definition) is 1. The number of benzene rings is 1. The number of likely N-dealkylation sites (N-methyl/N-ethyl adjacent to an activating group) is 2. The highest BCUT2D eigenvalue weighted by Gasteiger charge is 2.21. The number of hydrogen-bond acceptors (Lipinski definition) is 3. The van der Waals surface area contributed by atoms with Crippen LogP contribution in [0, 0.1) is 5.92 Å². The molecule has 5 heteroatoms. The first kappa shape index (κ1) is 20.7. The van der Waals surface area contributed by atoms with E-state index in [1.54, 1.807) is 0 Å². The molecule has 0 saturated heterocycles. The van der Waals surface area contributed by atoms with Crippen LogP contribution in [0.25, 0.3) is 0 Å². The van der Waals surface area contributed by atoms with E-state index >= 15 is 0 Å². The van der Waals surface area contributed by atoms with Crippen molar-refractivity contribution in [2.45, 2.75) is 32.2 Å². The molecular formula is C21H36N4O. The molecule has 0 spiro atoms. The van der Waals surface area contributed by atoms with E-state index in [0.717, 1.165) is 51.1 Å². The fourth-order valence-corrected chi connectivity index (χ4v) is 2.80. The highest BCUT2D eigenvalue weighted by atomic mass is 16.5. The number of guanidine groups is 1. The average molecular weight is 361 g/mol. The minimum atomic E-state index is 0.380. The molecule has 26 heavy (non-hydrogen) atoms. The van der Waals surface area contributed by atoms with Crippen LogP contribution in [0.5, 0.6) is 0 Å². The molecule has 1 fully saturated rings. The maximum atomic E-state index is 5.77. The molecule has 1 aliphatic rings. The summed E-state index contributed by atoms with van der Waals surface area (Å²) in [5, 5.41) is 3.40. The summed E-state index contributed by atoms with van der Waals surface area (Å²) < 4.78 is 5.77. The summed E-state index contributed by atoms with van der Waals surface area (Å²) in [7, 11) is 6.35. The van der Waals surface area contributed by atoms with Crippen molar-refractivity contribution < 1.29 is 4.74 Å². The molecule has 5 nitrogen and oxygen atoms in total. The Morgan fingerprint density at radius 2 is 1.96 bits per heavy atom. The summed E-state index contributed by atoms with van der Waals surface area (Å²) in [6.07, 6.45) is 3.69. The second-order valence-corrected chi connectivity index (χ2v) is 7.44. The van der Waals surface area contributed by atoms with Gasteiger partial charge in [0.05, 0.1) is 13.2 Å². The van der Waals surface area contributed by atoms with Crippen molar-refractivity contribution in [2.75, 3.05) is 54.0 Å². The van der Waals surface area contributed by atoms with Crippen LogP contribution in [0.3, 0.4) is 0 Å². The van der Waals surface area contributed by atoms with Crippen molar-refractivity contribution >= 4 is 5.96 Å². The summed E-state index contributed by atoms with van der Waals surface area (Å²) >= 11 is 0. The Bertz CT molecular complexity index is 528. The van der Waals surface area contributed by atoms with Gasteiger partial charge in [-0.2, -0.15) is 0 Å². The van der Waals surface area contributed by atoms with Crippen LogP contribution >= 0.6 is 0 Å². The van der Waals surface area contributed by atoms with E-state index in [-0.39, 0.29) is 0 Å². The third-order valence-electron chi connectivity index (χ3n) is 4.81. The van der Waals surface area contributed by atoms with Crippen LogP contribution in [-0.2, 0) is 11.2 Å². The molecule has 0 aliphatic heterocycles. The molecule has 0 bridgehead atoms. The maximum absolute atomic E-state index is 5.77. The molecule has 1 aromatic carbocycles. The van der Waals surface area contributed by atoms with Crippen molar-refractivity contribution in [2.24, 2.45) is 10.9 Å². The Kier molecular flexibility index (Phi) is 8.92. The van der Waals surface area contributed by atoms with Crippen molar-refractivity contribution in [3.63, 3.8) is 0 Å². The van der Waals surface area contributed by atoms with E-state index in [0.29, 0.717) is 6.04 Å².